The monoisotopic (exact) mass is 377 g/mol. The van der Waals surface area contributed by atoms with Crippen LogP contribution in [0.1, 0.15) is 35.2 Å². The molecular weight excluding hydrogens is 354 g/mol. The van der Waals surface area contributed by atoms with E-state index in [2.05, 4.69) is 5.32 Å². The topological polar surface area (TPSA) is 64.6 Å². The Kier molecular flexibility index (Phi) is 3.93. The molecule has 1 aliphatic heterocycles. The number of rotatable bonds is 4. The van der Waals surface area contributed by atoms with Crippen LogP contribution in [0.5, 0.6) is 11.5 Å². The third kappa shape index (κ3) is 2.68. The Morgan fingerprint density at radius 1 is 1.25 bits per heavy atom. The number of carbonyl (C=O) groups is 2. The van der Waals surface area contributed by atoms with Gasteiger partial charge in [-0.15, -0.1) is 0 Å². The fraction of sp³-hybridized carbons (Fsp3) is 0.391. The van der Waals surface area contributed by atoms with Crippen LogP contribution >= 0.6 is 0 Å². The van der Waals surface area contributed by atoms with E-state index in [4.69, 9.17) is 9.47 Å². The van der Waals surface area contributed by atoms with Gasteiger partial charge in [0.1, 0.15) is 17.1 Å². The van der Waals surface area contributed by atoms with Gasteiger partial charge in [-0.05, 0) is 48.6 Å². The summed E-state index contributed by atoms with van der Waals surface area (Å²) in [5.41, 5.74) is 1.16. The molecule has 2 aromatic rings. The van der Waals surface area contributed by atoms with Gasteiger partial charge in [-0.25, -0.2) is 0 Å². The summed E-state index contributed by atoms with van der Waals surface area (Å²) in [6.45, 7) is 0.474. The first-order valence-electron chi connectivity index (χ1n) is 9.83. The molecule has 1 N–H and O–H groups in total. The zero-order valence-electron chi connectivity index (χ0n) is 15.8. The van der Waals surface area contributed by atoms with E-state index in [9.17, 15) is 9.59 Å². The Labute approximate surface area is 164 Å². The predicted molar refractivity (Wildman–Crippen MR) is 103 cm³/mol. The van der Waals surface area contributed by atoms with Crippen LogP contribution in [0.4, 0.5) is 0 Å². The Morgan fingerprint density at radius 3 is 2.96 bits per heavy atom. The van der Waals surface area contributed by atoms with E-state index < -0.39 is 5.60 Å². The molecule has 0 unspecified atom stereocenters. The third-order valence-electron chi connectivity index (χ3n) is 6.54. The number of hydrogen-bond acceptors (Lipinski definition) is 4. The molecule has 5 rings (SSSR count). The minimum atomic E-state index is -0.506. The van der Waals surface area contributed by atoms with Crippen LogP contribution in [0.3, 0.4) is 0 Å². The zero-order valence-corrected chi connectivity index (χ0v) is 15.8. The molecule has 28 heavy (non-hydrogen) atoms. The second-order valence-corrected chi connectivity index (χ2v) is 8.09. The Morgan fingerprint density at radius 2 is 2.11 bits per heavy atom. The van der Waals surface area contributed by atoms with E-state index in [0.717, 1.165) is 24.2 Å². The summed E-state index contributed by atoms with van der Waals surface area (Å²) >= 11 is 0. The van der Waals surface area contributed by atoms with Crippen LogP contribution in [0, 0.1) is 17.8 Å². The first-order chi connectivity index (χ1) is 13.6. The van der Waals surface area contributed by atoms with Gasteiger partial charge in [0.15, 0.2) is 5.78 Å². The molecule has 2 aliphatic carbocycles. The van der Waals surface area contributed by atoms with E-state index >= 15 is 0 Å². The fourth-order valence-electron chi connectivity index (χ4n) is 5.21. The average molecular weight is 377 g/mol. The van der Waals surface area contributed by atoms with Crippen molar-refractivity contribution in [3.05, 3.63) is 59.7 Å². The van der Waals surface area contributed by atoms with Gasteiger partial charge in [0.05, 0.1) is 19.1 Å². The summed E-state index contributed by atoms with van der Waals surface area (Å²) in [4.78, 5) is 25.5. The molecule has 0 bridgehead atoms. The molecule has 3 aliphatic rings. The van der Waals surface area contributed by atoms with Crippen molar-refractivity contribution in [2.24, 2.45) is 17.8 Å². The van der Waals surface area contributed by atoms with Crippen molar-refractivity contribution in [2.75, 3.05) is 7.11 Å². The Hall–Kier alpha value is -2.82. The van der Waals surface area contributed by atoms with Crippen molar-refractivity contribution in [2.45, 2.75) is 31.4 Å². The standard InChI is InChI=1S/C23H23NO4/c1-27-15-6-4-5-14(11-15)13-24-22(26)20-17-9-10-23(21(17)20)12-18(25)16-7-2-3-8-19(16)28-23/h2-8,11,17,20-21H,9-10,12-13H2,1H3,(H,24,26)/t17-,20+,21-,23-/m0/s1. The van der Waals surface area contributed by atoms with Crippen molar-refractivity contribution >= 4 is 11.7 Å². The molecule has 0 aromatic heterocycles. The second kappa shape index (κ2) is 6.36. The molecule has 5 nitrogen and oxygen atoms in total. The third-order valence-corrected chi connectivity index (χ3v) is 6.54. The molecule has 1 spiro atoms. The quantitative estimate of drug-likeness (QED) is 0.887. The van der Waals surface area contributed by atoms with Crippen molar-refractivity contribution in [3.63, 3.8) is 0 Å². The van der Waals surface area contributed by atoms with Gasteiger partial charge < -0.3 is 14.8 Å². The van der Waals surface area contributed by atoms with Crippen LogP contribution < -0.4 is 14.8 Å². The highest BCUT2D eigenvalue weighted by Gasteiger charge is 2.70. The van der Waals surface area contributed by atoms with E-state index in [1.54, 1.807) is 7.11 Å². The van der Waals surface area contributed by atoms with Gasteiger partial charge in [-0.2, -0.15) is 0 Å². The lowest BCUT2D eigenvalue weighted by Crippen LogP contribution is -2.44. The molecule has 1 amide bonds. The van der Waals surface area contributed by atoms with Gasteiger partial charge in [0, 0.05) is 18.4 Å². The first-order valence-corrected chi connectivity index (χ1v) is 9.83. The number of nitrogens with one attached hydrogen (secondary N) is 1. The number of carbonyl (C=O) groups excluding carboxylic acids is 2. The number of fused-ring (bicyclic) bond motifs is 3. The lowest BCUT2D eigenvalue weighted by atomic mass is 9.84. The molecule has 0 radical (unpaired) electrons. The van der Waals surface area contributed by atoms with Gasteiger partial charge in [0.2, 0.25) is 5.91 Å². The highest BCUT2D eigenvalue weighted by Crippen LogP contribution is 2.65. The average Bonchev–Trinajstić information content (AvgIpc) is 3.37. The van der Waals surface area contributed by atoms with E-state index in [1.165, 1.54) is 0 Å². The number of benzene rings is 2. The highest BCUT2D eigenvalue weighted by molar-refractivity contribution is 6.00. The minimum Gasteiger partial charge on any atom is -0.497 e. The van der Waals surface area contributed by atoms with Crippen molar-refractivity contribution in [1.82, 2.24) is 5.32 Å². The summed E-state index contributed by atoms with van der Waals surface area (Å²) in [6.07, 6.45) is 2.17. The number of ether oxygens (including phenoxy) is 2. The summed E-state index contributed by atoms with van der Waals surface area (Å²) in [7, 11) is 1.63. The van der Waals surface area contributed by atoms with Crippen LogP contribution in [0.15, 0.2) is 48.5 Å². The second-order valence-electron chi connectivity index (χ2n) is 8.09. The number of para-hydroxylation sites is 1. The zero-order chi connectivity index (χ0) is 19.3. The van der Waals surface area contributed by atoms with Gasteiger partial charge in [-0.1, -0.05) is 24.3 Å². The van der Waals surface area contributed by atoms with Crippen molar-refractivity contribution < 1.29 is 19.1 Å². The first kappa shape index (κ1) is 17.3. The maximum atomic E-state index is 12.8. The number of amides is 1. The van der Waals surface area contributed by atoms with E-state index in [1.807, 2.05) is 48.5 Å². The lowest BCUT2D eigenvalue weighted by molar-refractivity contribution is -0.124. The number of ketones is 1. The van der Waals surface area contributed by atoms with E-state index in [0.29, 0.717) is 30.2 Å². The summed E-state index contributed by atoms with van der Waals surface area (Å²) < 4.78 is 11.6. The summed E-state index contributed by atoms with van der Waals surface area (Å²) in [6, 6.07) is 15.1. The molecule has 4 atom stereocenters. The molecule has 1 heterocycles. The largest absolute Gasteiger partial charge is 0.497 e. The normalized spacial score (nSPS) is 29.6. The summed E-state index contributed by atoms with van der Waals surface area (Å²) in [5, 5.41) is 3.06. The molecule has 5 heteroatoms. The highest BCUT2D eigenvalue weighted by atomic mass is 16.5. The predicted octanol–water partition coefficient (Wildman–Crippen LogP) is 3.37. The molecule has 2 saturated carbocycles. The number of Topliss-reactive ketones (excluding diaryl/α,β-unsaturated/α-hetero) is 1. The molecule has 144 valence electrons. The van der Waals surface area contributed by atoms with Crippen molar-refractivity contribution in [1.29, 1.82) is 0 Å². The van der Waals surface area contributed by atoms with E-state index in [-0.39, 0.29) is 23.5 Å². The maximum Gasteiger partial charge on any atom is 0.224 e. The fourth-order valence-corrected chi connectivity index (χ4v) is 5.21. The lowest BCUT2D eigenvalue weighted by Gasteiger charge is -2.37. The van der Waals surface area contributed by atoms with Gasteiger partial charge in [-0.3, -0.25) is 9.59 Å². The van der Waals surface area contributed by atoms with Crippen LogP contribution in [0.25, 0.3) is 0 Å². The van der Waals surface area contributed by atoms with Crippen LogP contribution in [-0.4, -0.2) is 24.4 Å². The molecule has 0 saturated heterocycles. The number of methoxy groups -OCH3 is 1. The summed E-state index contributed by atoms with van der Waals surface area (Å²) in [5.74, 6) is 2.04. The minimum absolute atomic E-state index is 0.0579. The molecular formula is C23H23NO4. The van der Waals surface area contributed by atoms with Gasteiger partial charge in [0.25, 0.3) is 0 Å². The Balaban J connectivity index is 1.28. The molecule has 2 aromatic carbocycles. The van der Waals surface area contributed by atoms with Gasteiger partial charge >= 0.3 is 0 Å². The SMILES string of the molecule is COc1cccc(CNC(=O)[C@@H]2[C@@H]3CC[C@]4(CC(=O)c5ccccc5O4)[C@@H]32)c1. The maximum absolute atomic E-state index is 12.8. The van der Waals surface area contributed by atoms with Crippen molar-refractivity contribution in [3.8, 4) is 11.5 Å². The number of hydrogen-bond donors (Lipinski definition) is 1. The molecule has 2 fully saturated rings. The Bertz CT molecular complexity index is 955. The van der Waals surface area contributed by atoms with Crippen LogP contribution in [0.2, 0.25) is 0 Å². The van der Waals surface area contributed by atoms with Crippen LogP contribution in [-0.2, 0) is 11.3 Å². The smallest absolute Gasteiger partial charge is 0.224 e.